The molecule has 2 aromatic heterocycles. The van der Waals surface area contributed by atoms with Crippen molar-refractivity contribution < 1.29 is 23.5 Å². The molecule has 0 radical (unpaired) electrons. The number of carbonyl (C=O) groups excluding carboxylic acids is 3. The number of amides is 3. The summed E-state index contributed by atoms with van der Waals surface area (Å²) in [5, 5.41) is 2.62. The second-order valence-corrected chi connectivity index (χ2v) is 10.4. The topological polar surface area (TPSA) is 158 Å². The summed E-state index contributed by atoms with van der Waals surface area (Å²) in [7, 11) is 0. The van der Waals surface area contributed by atoms with Crippen LogP contribution in [0.4, 0.5) is 15.0 Å². The van der Waals surface area contributed by atoms with Crippen LogP contribution < -0.4 is 16.9 Å². The van der Waals surface area contributed by atoms with E-state index in [1.54, 1.807) is 56.9 Å². The Morgan fingerprint density at radius 3 is 2.46 bits per heavy atom. The van der Waals surface area contributed by atoms with Crippen LogP contribution in [-0.2, 0) is 4.74 Å². The lowest BCUT2D eigenvalue weighted by molar-refractivity contribution is 0.00821. The molecule has 39 heavy (non-hydrogen) atoms. The molecule has 5 N–H and O–H groups in total. The number of nitrogens with zero attached hydrogens (tertiary/aromatic N) is 4. The quantitative estimate of drug-likeness (QED) is 0.416. The Labute approximate surface area is 225 Å². The van der Waals surface area contributed by atoms with Gasteiger partial charge in [0.15, 0.2) is 11.5 Å². The molecular weight excluding hydrogens is 505 g/mol. The molecule has 3 amide bonds. The normalized spacial score (nSPS) is 15.6. The zero-order valence-corrected chi connectivity index (χ0v) is 22.3. The number of pyridine rings is 1. The molecule has 12 heteroatoms. The number of carbonyl (C=O) groups is 3. The van der Waals surface area contributed by atoms with Crippen molar-refractivity contribution >= 4 is 23.7 Å². The van der Waals surface area contributed by atoms with E-state index in [4.69, 9.17) is 16.3 Å². The fourth-order valence-electron chi connectivity index (χ4n) is 4.44. The zero-order valence-electron chi connectivity index (χ0n) is 22.3. The number of ether oxygens (including phenoxy) is 1. The SMILES string of the molecule is Cc1cc(NC(=O)c2ccc(-c3nc(C4CCCCN4C(=O)OC(C)(C)C)n(N)c3C(N)=O)cc2)ncc1F. The van der Waals surface area contributed by atoms with Gasteiger partial charge in [0.1, 0.15) is 22.9 Å². The monoisotopic (exact) mass is 537 g/mol. The summed E-state index contributed by atoms with van der Waals surface area (Å²) in [5.41, 5.74) is 6.36. The van der Waals surface area contributed by atoms with Crippen molar-refractivity contribution in [1.82, 2.24) is 19.5 Å². The van der Waals surface area contributed by atoms with Crippen molar-refractivity contribution in [3.63, 3.8) is 0 Å². The maximum absolute atomic E-state index is 13.5. The number of aromatic nitrogens is 3. The van der Waals surface area contributed by atoms with E-state index in [0.29, 0.717) is 35.5 Å². The average Bonchev–Trinajstić information content (AvgIpc) is 3.22. The van der Waals surface area contributed by atoms with Crippen molar-refractivity contribution in [2.75, 3.05) is 17.7 Å². The molecule has 0 saturated carbocycles. The summed E-state index contributed by atoms with van der Waals surface area (Å²) in [4.78, 5) is 48.2. The summed E-state index contributed by atoms with van der Waals surface area (Å²) in [6.45, 7) is 7.40. The fourth-order valence-corrected chi connectivity index (χ4v) is 4.44. The second kappa shape index (κ2) is 10.7. The van der Waals surface area contributed by atoms with Gasteiger partial charge in [0.2, 0.25) is 0 Å². The third kappa shape index (κ3) is 6.00. The van der Waals surface area contributed by atoms with E-state index < -0.39 is 35.4 Å². The van der Waals surface area contributed by atoms with Crippen LogP contribution in [0.25, 0.3) is 11.3 Å². The number of piperidine rings is 1. The van der Waals surface area contributed by atoms with Crippen molar-refractivity contribution in [2.45, 2.75) is 58.6 Å². The number of nitrogens with two attached hydrogens (primary N) is 2. The Balaban J connectivity index is 1.63. The van der Waals surface area contributed by atoms with Crippen LogP contribution in [0, 0.1) is 12.7 Å². The zero-order chi connectivity index (χ0) is 28.5. The van der Waals surface area contributed by atoms with Crippen LogP contribution in [-0.4, -0.2) is 49.6 Å². The Morgan fingerprint density at radius 1 is 1.15 bits per heavy atom. The van der Waals surface area contributed by atoms with E-state index in [-0.39, 0.29) is 17.2 Å². The smallest absolute Gasteiger partial charge is 0.410 e. The first-order valence-corrected chi connectivity index (χ1v) is 12.6. The third-order valence-electron chi connectivity index (χ3n) is 6.31. The van der Waals surface area contributed by atoms with Gasteiger partial charge in [0.05, 0.1) is 12.2 Å². The molecule has 1 aliphatic rings. The Morgan fingerprint density at radius 2 is 1.85 bits per heavy atom. The molecule has 11 nitrogen and oxygen atoms in total. The molecule has 3 heterocycles. The van der Waals surface area contributed by atoms with Gasteiger partial charge < -0.3 is 21.6 Å². The molecule has 1 atom stereocenters. The van der Waals surface area contributed by atoms with E-state index in [9.17, 15) is 18.8 Å². The van der Waals surface area contributed by atoms with Crippen LogP contribution in [0.3, 0.4) is 0 Å². The highest BCUT2D eigenvalue weighted by Gasteiger charge is 2.36. The van der Waals surface area contributed by atoms with E-state index in [2.05, 4.69) is 15.3 Å². The van der Waals surface area contributed by atoms with Gasteiger partial charge in [-0.2, -0.15) is 0 Å². The maximum Gasteiger partial charge on any atom is 0.410 e. The molecular formula is C27H32FN7O4. The molecule has 1 aromatic carbocycles. The highest BCUT2D eigenvalue weighted by Crippen LogP contribution is 2.34. The first-order chi connectivity index (χ1) is 18.4. The van der Waals surface area contributed by atoms with Gasteiger partial charge in [-0.05, 0) is 70.7 Å². The summed E-state index contributed by atoms with van der Waals surface area (Å²) in [6, 6.07) is 7.25. The average molecular weight is 538 g/mol. The number of hydrogen-bond donors (Lipinski definition) is 3. The molecule has 206 valence electrons. The summed E-state index contributed by atoms with van der Waals surface area (Å²) in [5.74, 6) is 5.15. The molecule has 0 spiro atoms. The number of nitrogens with one attached hydrogen (secondary N) is 1. The van der Waals surface area contributed by atoms with Crippen molar-refractivity contribution in [3.05, 3.63) is 65.0 Å². The molecule has 0 aliphatic carbocycles. The van der Waals surface area contributed by atoms with Crippen LogP contribution in [0.5, 0.6) is 0 Å². The molecule has 3 aromatic rings. The fraction of sp³-hybridized carbons (Fsp3) is 0.370. The number of benzene rings is 1. The standard InChI is InChI=1S/C27H32FN7O4/c1-15-13-20(31-14-18(15)28)32-25(37)17-10-8-16(9-11-17)21-22(23(29)36)35(30)24(33-21)19-7-5-6-12-34(19)26(38)39-27(2,3)4/h8-11,13-14,19H,5-7,12,30H2,1-4H3,(H2,29,36)(H,31,32,37). The van der Waals surface area contributed by atoms with Gasteiger partial charge in [-0.25, -0.2) is 23.8 Å². The first kappa shape index (κ1) is 27.6. The van der Waals surface area contributed by atoms with E-state index in [1.807, 2.05) is 0 Å². The van der Waals surface area contributed by atoms with Crippen LogP contribution in [0.1, 0.15) is 78.3 Å². The first-order valence-electron chi connectivity index (χ1n) is 12.6. The molecule has 1 saturated heterocycles. The number of likely N-dealkylation sites (tertiary alicyclic amines) is 1. The lowest BCUT2D eigenvalue weighted by Gasteiger charge is -2.36. The number of primary amides is 1. The van der Waals surface area contributed by atoms with Gasteiger partial charge in [0, 0.05) is 17.7 Å². The predicted octanol–water partition coefficient (Wildman–Crippen LogP) is 3.92. The molecule has 1 unspecified atom stereocenters. The largest absolute Gasteiger partial charge is 0.444 e. The lowest BCUT2D eigenvalue weighted by atomic mass is 10.0. The van der Waals surface area contributed by atoms with Crippen LogP contribution in [0.2, 0.25) is 0 Å². The summed E-state index contributed by atoms with van der Waals surface area (Å²) >= 11 is 0. The van der Waals surface area contributed by atoms with Gasteiger partial charge in [-0.3, -0.25) is 14.5 Å². The van der Waals surface area contributed by atoms with Crippen molar-refractivity contribution in [1.29, 1.82) is 0 Å². The van der Waals surface area contributed by atoms with Gasteiger partial charge >= 0.3 is 6.09 Å². The number of anilines is 1. The van der Waals surface area contributed by atoms with Gasteiger partial charge in [-0.1, -0.05) is 12.1 Å². The van der Waals surface area contributed by atoms with Crippen molar-refractivity contribution in [2.24, 2.45) is 5.73 Å². The maximum atomic E-state index is 13.5. The number of aryl methyl sites for hydroxylation is 1. The second-order valence-electron chi connectivity index (χ2n) is 10.4. The Bertz CT molecular complexity index is 1410. The van der Waals surface area contributed by atoms with Crippen LogP contribution >= 0.6 is 0 Å². The minimum absolute atomic E-state index is 0.0251. The molecule has 4 rings (SSSR count). The molecule has 0 bridgehead atoms. The number of hydrogen-bond acceptors (Lipinski definition) is 7. The summed E-state index contributed by atoms with van der Waals surface area (Å²) in [6.07, 6.45) is 2.77. The minimum atomic E-state index is -0.787. The van der Waals surface area contributed by atoms with E-state index >= 15 is 0 Å². The molecule has 1 aliphatic heterocycles. The van der Waals surface area contributed by atoms with Gasteiger partial charge in [-0.15, -0.1) is 0 Å². The number of halogens is 1. The Hall–Kier alpha value is -4.48. The number of imidazole rings is 1. The highest BCUT2D eigenvalue weighted by molar-refractivity contribution is 6.04. The number of nitrogen functional groups attached to an aromatic ring is 1. The minimum Gasteiger partial charge on any atom is -0.444 e. The highest BCUT2D eigenvalue weighted by atomic mass is 19.1. The predicted molar refractivity (Wildman–Crippen MR) is 143 cm³/mol. The number of rotatable bonds is 5. The third-order valence-corrected chi connectivity index (χ3v) is 6.31. The van der Waals surface area contributed by atoms with Crippen molar-refractivity contribution in [3.8, 4) is 11.3 Å². The van der Waals surface area contributed by atoms with Crippen LogP contribution in [0.15, 0.2) is 36.5 Å². The summed E-state index contributed by atoms with van der Waals surface area (Å²) < 4.78 is 20.2. The Kier molecular flexibility index (Phi) is 7.57. The van der Waals surface area contributed by atoms with E-state index in [1.165, 1.54) is 6.07 Å². The van der Waals surface area contributed by atoms with Gasteiger partial charge in [0.25, 0.3) is 11.8 Å². The molecule has 1 fully saturated rings. The lowest BCUT2D eigenvalue weighted by Crippen LogP contribution is -2.43. The van der Waals surface area contributed by atoms with E-state index in [0.717, 1.165) is 23.7 Å².